The third-order valence-electron chi connectivity index (χ3n) is 1.50. The summed E-state index contributed by atoms with van der Waals surface area (Å²) in [6, 6.07) is 0. The SMILES string of the molecule is CC(C)C(O)C(O)CCO. The molecule has 0 aliphatic rings. The first-order chi connectivity index (χ1) is 4.59. The Morgan fingerprint density at radius 3 is 2.00 bits per heavy atom. The van der Waals surface area contributed by atoms with E-state index in [0.717, 1.165) is 0 Å². The number of aliphatic hydroxyl groups excluding tert-OH is 3. The van der Waals surface area contributed by atoms with Crippen molar-refractivity contribution in [2.24, 2.45) is 5.92 Å². The second-order valence-electron chi connectivity index (χ2n) is 2.81. The van der Waals surface area contributed by atoms with Crippen molar-refractivity contribution in [1.29, 1.82) is 0 Å². The summed E-state index contributed by atoms with van der Waals surface area (Å²) < 4.78 is 0. The summed E-state index contributed by atoms with van der Waals surface area (Å²) in [6.07, 6.45) is -1.25. The topological polar surface area (TPSA) is 60.7 Å². The lowest BCUT2D eigenvalue weighted by molar-refractivity contribution is -0.0192. The third-order valence-corrected chi connectivity index (χ3v) is 1.50. The third kappa shape index (κ3) is 3.15. The molecule has 2 unspecified atom stereocenters. The van der Waals surface area contributed by atoms with Gasteiger partial charge in [-0.05, 0) is 12.3 Å². The Kier molecular flexibility index (Phi) is 4.60. The Labute approximate surface area is 61.3 Å². The first-order valence-corrected chi connectivity index (χ1v) is 3.56. The highest BCUT2D eigenvalue weighted by Gasteiger charge is 2.18. The molecule has 62 valence electrons. The van der Waals surface area contributed by atoms with Crippen LogP contribution >= 0.6 is 0 Å². The van der Waals surface area contributed by atoms with Crippen molar-refractivity contribution >= 4 is 0 Å². The van der Waals surface area contributed by atoms with E-state index in [-0.39, 0.29) is 18.9 Å². The van der Waals surface area contributed by atoms with Gasteiger partial charge in [0, 0.05) is 6.61 Å². The van der Waals surface area contributed by atoms with Gasteiger partial charge in [0.1, 0.15) is 0 Å². The molecule has 0 aliphatic heterocycles. The molecule has 3 heteroatoms. The zero-order valence-corrected chi connectivity index (χ0v) is 6.49. The molecule has 0 rings (SSSR count). The molecule has 0 saturated carbocycles. The van der Waals surface area contributed by atoms with Gasteiger partial charge < -0.3 is 15.3 Å². The molecular weight excluding hydrogens is 132 g/mol. The lowest BCUT2D eigenvalue weighted by Gasteiger charge is -2.19. The first-order valence-electron chi connectivity index (χ1n) is 3.56. The summed E-state index contributed by atoms with van der Waals surface area (Å²) in [6.45, 7) is 3.57. The van der Waals surface area contributed by atoms with Crippen LogP contribution in [0.4, 0.5) is 0 Å². The fourth-order valence-electron chi connectivity index (χ4n) is 0.747. The van der Waals surface area contributed by atoms with Gasteiger partial charge in [-0.1, -0.05) is 13.8 Å². The maximum atomic E-state index is 9.16. The van der Waals surface area contributed by atoms with Crippen molar-refractivity contribution in [3.8, 4) is 0 Å². The van der Waals surface area contributed by atoms with Crippen molar-refractivity contribution in [3.63, 3.8) is 0 Å². The normalized spacial score (nSPS) is 17.4. The molecule has 3 nitrogen and oxygen atoms in total. The Balaban J connectivity index is 3.58. The average Bonchev–Trinajstić information content (AvgIpc) is 1.87. The maximum Gasteiger partial charge on any atom is 0.0823 e. The van der Waals surface area contributed by atoms with E-state index < -0.39 is 12.2 Å². The summed E-state index contributed by atoms with van der Waals surface area (Å²) in [4.78, 5) is 0. The van der Waals surface area contributed by atoms with Crippen molar-refractivity contribution in [3.05, 3.63) is 0 Å². The van der Waals surface area contributed by atoms with Gasteiger partial charge >= 0.3 is 0 Å². The van der Waals surface area contributed by atoms with Gasteiger partial charge in [-0.15, -0.1) is 0 Å². The van der Waals surface area contributed by atoms with Gasteiger partial charge in [-0.3, -0.25) is 0 Å². The fraction of sp³-hybridized carbons (Fsp3) is 1.00. The van der Waals surface area contributed by atoms with Crippen LogP contribution in [-0.4, -0.2) is 34.1 Å². The molecule has 0 fully saturated rings. The number of hydrogen-bond acceptors (Lipinski definition) is 3. The van der Waals surface area contributed by atoms with E-state index >= 15 is 0 Å². The van der Waals surface area contributed by atoms with Crippen LogP contribution in [0, 0.1) is 5.92 Å². The standard InChI is InChI=1S/C7H16O3/c1-5(2)7(10)6(9)3-4-8/h5-10H,3-4H2,1-2H3. The zero-order chi connectivity index (χ0) is 8.15. The number of aliphatic hydroxyl groups is 3. The minimum Gasteiger partial charge on any atom is -0.396 e. The Morgan fingerprint density at radius 2 is 1.70 bits per heavy atom. The van der Waals surface area contributed by atoms with Crippen LogP contribution in [-0.2, 0) is 0 Å². The molecule has 3 N–H and O–H groups in total. The van der Waals surface area contributed by atoms with Crippen LogP contribution in [0.2, 0.25) is 0 Å². The molecule has 0 amide bonds. The Hall–Kier alpha value is -0.120. The second-order valence-corrected chi connectivity index (χ2v) is 2.81. The second kappa shape index (κ2) is 4.66. The van der Waals surface area contributed by atoms with E-state index in [1.54, 1.807) is 0 Å². The van der Waals surface area contributed by atoms with Crippen LogP contribution in [0.5, 0.6) is 0 Å². The zero-order valence-electron chi connectivity index (χ0n) is 6.49. The number of rotatable bonds is 4. The maximum absolute atomic E-state index is 9.16. The molecule has 0 aliphatic carbocycles. The quantitative estimate of drug-likeness (QED) is 0.515. The van der Waals surface area contributed by atoms with E-state index in [0.29, 0.717) is 0 Å². The molecule has 0 aromatic rings. The molecule has 0 heterocycles. The van der Waals surface area contributed by atoms with Crippen LogP contribution in [0.15, 0.2) is 0 Å². The lowest BCUT2D eigenvalue weighted by Crippen LogP contribution is -2.31. The minimum atomic E-state index is -0.787. The molecule has 0 saturated heterocycles. The average molecular weight is 148 g/mol. The largest absolute Gasteiger partial charge is 0.396 e. The van der Waals surface area contributed by atoms with Crippen molar-refractivity contribution in [2.45, 2.75) is 32.5 Å². The van der Waals surface area contributed by atoms with Crippen LogP contribution in [0.25, 0.3) is 0 Å². The summed E-state index contributed by atoms with van der Waals surface area (Å²) in [5.74, 6) is 0.0431. The van der Waals surface area contributed by atoms with Crippen LogP contribution < -0.4 is 0 Å². The molecule has 0 spiro atoms. The summed E-state index contributed by atoms with van der Waals surface area (Å²) >= 11 is 0. The first kappa shape index (κ1) is 9.88. The summed E-state index contributed by atoms with van der Waals surface area (Å²) in [5.41, 5.74) is 0. The van der Waals surface area contributed by atoms with Gasteiger partial charge in [-0.25, -0.2) is 0 Å². The molecule has 0 aromatic carbocycles. The molecule has 0 aromatic heterocycles. The lowest BCUT2D eigenvalue weighted by atomic mass is 10.0. The smallest absolute Gasteiger partial charge is 0.0823 e. The highest BCUT2D eigenvalue weighted by atomic mass is 16.3. The van der Waals surface area contributed by atoms with Gasteiger partial charge in [0.2, 0.25) is 0 Å². The Morgan fingerprint density at radius 1 is 1.20 bits per heavy atom. The minimum absolute atomic E-state index is 0.0431. The molecule has 2 atom stereocenters. The van der Waals surface area contributed by atoms with Crippen LogP contribution in [0.3, 0.4) is 0 Å². The molecular formula is C7H16O3. The van der Waals surface area contributed by atoms with Gasteiger partial charge in [0.05, 0.1) is 12.2 Å². The highest BCUT2D eigenvalue weighted by Crippen LogP contribution is 2.08. The predicted molar refractivity (Wildman–Crippen MR) is 38.6 cm³/mol. The fourth-order valence-corrected chi connectivity index (χ4v) is 0.747. The Bertz CT molecular complexity index is 82.9. The predicted octanol–water partition coefficient (Wildman–Crippen LogP) is -0.253. The summed E-state index contributed by atoms with van der Waals surface area (Å²) in [7, 11) is 0. The summed E-state index contributed by atoms with van der Waals surface area (Å²) in [5, 5.41) is 26.6. The van der Waals surface area contributed by atoms with E-state index in [9.17, 15) is 0 Å². The van der Waals surface area contributed by atoms with E-state index in [4.69, 9.17) is 15.3 Å². The van der Waals surface area contributed by atoms with E-state index in [2.05, 4.69) is 0 Å². The van der Waals surface area contributed by atoms with E-state index in [1.807, 2.05) is 13.8 Å². The molecule has 0 bridgehead atoms. The highest BCUT2D eigenvalue weighted by molar-refractivity contribution is 4.69. The molecule has 0 radical (unpaired) electrons. The molecule has 10 heavy (non-hydrogen) atoms. The van der Waals surface area contributed by atoms with Gasteiger partial charge in [-0.2, -0.15) is 0 Å². The number of hydrogen-bond donors (Lipinski definition) is 3. The van der Waals surface area contributed by atoms with Gasteiger partial charge in [0.15, 0.2) is 0 Å². The van der Waals surface area contributed by atoms with E-state index in [1.165, 1.54) is 0 Å². The monoisotopic (exact) mass is 148 g/mol. The van der Waals surface area contributed by atoms with Crippen molar-refractivity contribution < 1.29 is 15.3 Å². The van der Waals surface area contributed by atoms with Gasteiger partial charge in [0.25, 0.3) is 0 Å². The van der Waals surface area contributed by atoms with Crippen LogP contribution in [0.1, 0.15) is 20.3 Å². The van der Waals surface area contributed by atoms with Crippen molar-refractivity contribution in [1.82, 2.24) is 0 Å². The van der Waals surface area contributed by atoms with Crippen molar-refractivity contribution in [2.75, 3.05) is 6.61 Å².